The van der Waals surface area contributed by atoms with Crippen LogP contribution in [0.4, 0.5) is 0 Å². The molecule has 1 saturated heterocycles. The van der Waals surface area contributed by atoms with Crippen LogP contribution in [0.15, 0.2) is 60.7 Å². The normalized spacial score (nSPS) is 24.6. The van der Waals surface area contributed by atoms with E-state index in [-0.39, 0.29) is 22.7 Å². The summed E-state index contributed by atoms with van der Waals surface area (Å²) in [5, 5.41) is 2.85. The van der Waals surface area contributed by atoms with E-state index >= 15 is 0 Å². The minimum atomic E-state index is -3.45. The summed E-state index contributed by atoms with van der Waals surface area (Å²) >= 11 is 2.24. The molecule has 1 aliphatic rings. The quantitative estimate of drug-likeness (QED) is 0.270. The number of alkyl halides is 1. The van der Waals surface area contributed by atoms with E-state index < -0.39 is 14.0 Å². The third-order valence-electron chi connectivity index (χ3n) is 4.77. The number of rotatable bonds is 10. The van der Waals surface area contributed by atoms with Gasteiger partial charge in [0.1, 0.15) is 18.4 Å². The lowest BCUT2D eigenvalue weighted by atomic mass is 10.1. The lowest BCUT2D eigenvalue weighted by Gasteiger charge is -2.40. The van der Waals surface area contributed by atoms with Gasteiger partial charge < -0.3 is 23.3 Å². The maximum Gasteiger partial charge on any atom is 0.407 e. The van der Waals surface area contributed by atoms with Gasteiger partial charge in [-0.3, -0.25) is 0 Å². The third-order valence-corrected chi connectivity index (χ3v) is 7.66. The van der Waals surface area contributed by atoms with E-state index in [0.717, 1.165) is 11.1 Å². The van der Waals surface area contributed by atoms with E-state index in [1.165, 1.54) is 14.2 Å². The molecule has 3 rings (SSSR count). The second-order valence-corrected chi connectivity index (χ2v) is 10.2. The molecule has 0 amide bonds. The van der Waals surface area contributed by atoms with Crippen molar-refractivity contribution < 1.29 is 27.8 Å². The average molecular weight is 547 g/mol. The largest absolute Gasteiger partial charge is 0.407 e. The van der Waals surface area contributed by atoms with Crippen molar-refractivity contribution >= 4 is 30.3 Å². The van der Waals surface area contributed by atoms with Crippen LogP contribution in [0, 0.1) is 0 Å². The van der Waals surface area contributed by atoms with Crippen molar-refractivity contribution in [1.29, 1.82) is 0 Å². The SMILES string of the molecule is COP(=O)(N[C@@H]1OC[C@@H](OCc2ccccc2)[C@H](OCc2ccccc2)[C@H]1I)OC. The monoisotopic (exact) mass is 547 g/mol. The Balaban J connectivity index is 1.70. The van der Waals surface area contributed by atoms with Gasteiger partial charge in [-0.05, 0) is 11.1 Å². The maximum atomic E-state index is 12.5. The summed E-state index contributed by atoms with van der Waals surface area (Å²) < 4.78 is 40.7. The van der Waals surface area contributed by atoms with Crippen molar-refractivity contribution in [2.24, 2.45) is 0 Å². The molecule has 2 aromatic carbocycles. The Hall–Kier alpha value is -0.840. The van der Waals surface area contributed by atoms with Crippen molar-refractivity contribution in [3.63, 3.8) is 0 Å². The molecule has 1 N–H and O–H groups in total. The standard InChI is InChI=1S/C21H27INO6P/c1-25-30(24,26-2)23-21-19(22)20(28-14-17-11-7-4-8-12-17)18(15-29-21)27-13-16-9-5-3-6-10-16/h3-12,18-21H,13-15H2,1-2H3,(H,23,24)/t18-,19-,20+,21-/m1/s1. The van der Waals surface area contributed by atoms with Crippen molar-refractivity contribution in [2.45, 2.75) is 35.6 Å². The van der Waals surface area contributed by atoms with Gasteiger partial charge in [-0.15, -0.1) is 0 Å². The summed E-state index contributed by atoms with van der Waals surface area (Å²) in [6.07, 6.45) is -1.14. The smallest absolute Gasteiger partial charge is 0.369 e. The van der Waals surface area contributed by atoms with E-state index in [9.17, 15) is 4.57 Å². The maximum absolute atomic E-state index is 12.5. The lowest BCUT2D eigenvalue weighted by molar-refractivity contribution is -0.166. The van der Waals surface area contributed by atoms with Crippen LogP contribution in [-0.2, 0) is 41.0 Å². The minimum Gasteiger partial charge on any atom is -0.369 e. The van der Waals surface area contributed by atoms with Crippen molar-refractivity contribution in [1.82, 2.24) is 5.09 Å². The summed E-state index contributed by atoms with van der Waals surface area (Å²) in [5.41, 5.74) is 2.14. The average Bonchev–Trinajstić information content (AvgIpc) is 2.80. The van der Waals surface area contributed by atoms with Gasteiger partial charge in [0.05, 0.1) is 23.7 Å². The first kappa shape index (κ1) is 23.8. The predicted molar refractivity (Wildman–Crippen MR) is 122 cm³/mol. The fourth-order valence-electron chi connectivity index (χ4n) is 3.09. The first-order valence-electron chi connectivity index (χ1n) is 9.60. The van der Waals surface area contributed by atoms with Crippen LogP contribution in [0.1, 0.15) is 11.1 Å². The molecular weight excluding hydrogens is 520 g/mol. The Labute approximate surface area is 191 Å². The molecule has 1 heterocycles. The molecule has 0 bridgehead atoms. The van der Waals surface area contributed by atoms with E-state index in [0.29, 0.717) is 13.2 Å². The fourth-order valence-corrected chi connectivity index (χ4v) is 5.34. The molecule has 7 nitrogen and oxygen atoms in total. The number of halogens is 1. The van der Waals surface area contributed by atoms with Crippen LogP contribution in [0.3, 0.4) is 0 Å². The van der Waals surface area contributed by atoms with Crippen LogP contribution < -0.4 is 5.09 Å². The molecule has 1 aliphatic heterocycles. The van der Waals surface area contributed by atoms with E-state index in [1.807, 2.05) is 60.7 Å². The first-order chi connectivity index (χ1) is 14.5. The third kappa shape index (κ3) is 6.58. The Morgan fingerprint density at radius 1 is 0.967 bits per heavy atom. The molecule has 164 valence electrons. The molecule has 9 heteroatoms. The molecule has 30 heavy (non-hydrogen) atoms. The van der Waals surface area contributed by atoms with Crippen molar-refractivity contribution in [2.75, 3.05) is 20.8 Å². The first-order valence-corrected chi connectivity index (χ1v) is 12.4. The fraction of sp³-hybridized carbons (Fsp3) is 0.429. The molecule has 0 radical (unpaired) electrons. The second kappa shape index (κ2) is 11.7. The molecule has 0 unspecified atom stereocenters. The highest BCUT2D eigenvalue weighted by Gasteiger charge is 2.43. The Morgan fingerprint density at radius 2 is 1.50 bits per heavy atom. The van der Waals surface area contributed by atoms with E-state index in [4.69, 9.17) is 23.3 Å². The summed E-state index contributed by atoms with van der Waals surface area (Å²) in [6.45, 7) is 1.18. The lowest BCUT2D eigenvalue weighted by Crippen LogP contribution is -2.56. The summed E-state index contributed by atoms with van der Waals surface area (Å²) in [5.74, 6) is 0. The van der Waals surface area contributed by atoms with Gasteiger partial charge in [0.25, 0.3) is 0 Å². The molecule has 0 aliphatic carbocycles. The molecule has 2 aromatic rings. The summed E-state index contributed by atoms with van der Waals surface area (Å²) in [4.78, 5) is 0. The van der Waals surface area contributed by atoms with Crippen molar-refractivity contribution in [3.05, 3.63) is 71.8 Å². The Morgan fingerprint density at radius 3 is 2.03 bits per heavy atom. The number of hydrogen-bond donors (Lipinski definition) is 1. The molecule has 0 aromatic heterocycles. The molecule has 0 spiro atoms. The van der Waals surface area contributed by atoms with Crippen LogP contribution in [0.25, 0.3) is 0 Å². The summed E-state index contributed by atoms with van der Waals surface area (Å²) in [6, 6.07) is 19.9. The number of benzene rings is 2. The number of nitrogens with one attached hydrogen (secondary N) is 1. The predicted octanol–water partition coefficient (Wildman–Crippen LogP) is 4.31. The Kier molecular flexibility index (Phi) is 9.28. The highest BCUT2D eigenvalue weighted by molar-refractivity contribution is 14.1. The number of ether oxygens (including phenoxy) is 3. The van der Waals surface area contributed by atoms with Crippen LogP contribution in [-0.4, -0.2) is 43.2 Å². The van der Waals surface area contributed by atoms with Gasteiger partial charge >= 0.3 is 7.75 Å². The van der Waals surface area contributed by atoms with Crippen LogP contribution in [0.2, 0.25) is 0 Å². The zero-order chi connectivity index (χ0) is 21.4. The van der Waals surface area contributed by atoms with Gasteiger partial charge in [0.15, 0.2) is 0 Å². The molecule has 4 atom stereocenters. The molecule has 1 fully saturated rings. The van der Waals surface area contributed by atoms with Gasteiger partial charge in [-0.2, -0.15) is 5.09 Å². The molecular formula is C21H27INO6P. The van der Waals surface area contributed by atoms with Gasteiger partial charge in [-0.25, -0.2) is 4.57 Å². The van der Waals surface area contributed by atoms with Gasteiger partial charge in [0, 0.05) is 14.2 Å². The zero-order valence-corrected chi connectivity index (χ0v) is 20.0. The highest BCUT2D eigenvalue weighted by Crippen LogP contribution is 2.44. The van der Waals surface area contributed by atoms with Crippen molar-refractivity contribution in [3.8, 4) is 0 Å². The highest BCUT2D eigenvalue weighted by atomic mass is 127. The topological polar surface area (TPSA) is 75.3 Å². The Bertz CT molecular complexity index is 804. The zero-order valence-electron chi connectivity index (χ0n) is 17.0. The van der Waals surface area contributed by atoms with Gasteiger partial charge in [0.2, 0.25) is 0 Å². The van der Waals surface area contributed by atoms with Crippen LogP contribution in [0.5, 0.6) is 0 Å². The van der Waals surface area contributed by atoms with E-state index in [2.05, 4.69) is 27.7 Å². The van der Waals surface area contributed by atoms with E-state index in [1.54, 1.807) is 0 Å². The van der Waals surface area contributed by atoms with Gasteiger partial charge in [-0.1, -0.05) is 83.3 Å². The van der Waals surface area contributed by atoms with Crippen LogP contribution >= 0.6 is 30.3 Å². The second-order valence-electron chi connectivity index (χ2n) is 6.79. The summed E-state index contributed by atoms with van der Waals surface area (Å²) in [7, 11) is -0.788. The molecule has 0 saturated carbocycles. The minimum absolute atomic E-state index is 0.195. The number of hydrogen-bond acceptors (Lipinski definition) is 6.